The first-order valence-electron chi connectivity index (χ1n) is 7.39. The van der Waals surface area contributed by atoms with E-state index in [0.29, 0.717) is 22.2 Å². The van der Waals surface area contributed by atoms with Crippen molar-refractivity contribution in [2.24, 2.45) is 0 Å². The Hall–Kier alpha value is -0.730. The quantitative estimate of drug-likeness (QED) is 0.550. The fourth-order valence-electron chi connectivity index (χ4n) is 2.06. The van der Waals surface area contributed by atoms with Gasteiger partial charge in [-0.3, -0.25) is 4.79 Å². The normalized spacial score (nSPS) is 10.6. The molecule has 0 unspecified atom stereocenters. The number of unbranched alkanes of at least 4 members (excludes halogenated alkanes) is 6. The minimum Gasteiger partial charge on any atom is -0.325 e. The second kappa shape index (κ2) is 10.1. The van der Waals surface area contributed by atoms with Gasteiger partial charge in [0.1, 0.15) is 0 Å². The number of rotatable bonds is 9. The molecule has 1 rings (SSSR count). The Morgan fingerprint density at radius 1 is 1.05 bits per heavy atom. The maximum absolute atomic E-state index is 11.8. The lowest BCUT2D eigenvalue weighted by molar-refractivity contribution is -0.116. The summed E-state index contributed by atoms with van der Waals surface area (Å²) >= 11 is 11.9. The van der Waals surface area contributed by atoms with E-state index in [1.165, 1.54) is 32.1 Å². The van der Waals surface area contributed by atoms with Crippen LogP contribution in [0.25, 0.3) is 0 Å². The third kappa shape index (κ3) is 6.62. The Labute approximate surface area is 131 Å². The molecule has 2 nitrogen and oxygen atoms in total. The van der Waals surface area contributed by atoms with Crippen LogP contribution in [0.2, 0.25) is 10.0 Å². The molecule has 1 aromatic carbocycles. The molecular formula is C16H23Cl2NO. The van der Waals surface area contributed by atoms with E-state index in [-0.39, 0.29) is 5.91 Å². The van der Waals surface area contributed by atoms with Gasteiger partial charge in [0.2, 0.25) is 5.91 Å². The van der Waals surface area contributed by atoms with E-state index >= 15 is 0 Å². The highest BCUT2D eigenvalue weighted by Crippen LogP contribution is 2.29. The molecule has 1 aromatic rings. The first-order chi connectivity index (χ1) is 9.65. The Balaban J connectivity index is 2.19. The van der Waals surface area contributed by atoms with Crippen molar-refractivity contribution >= 4 is 34.8 Å². The van der Waals surface area contributed by atoms with Crippen LogP contribution in [0.5, 0.6) is 0 Å². The van der Waals surface area contributed by atoms with Crippen LogP contribution in [0.3, 0.4) is 0 Å². The SMILES string of the molecule is CCCCCCCCCC(=O)Nc1cccc(Cl)c1Cl. The van der Waals surface area contributed by atoms with Crippen LogP contribution < -0.4 is 5.32 Å². The lowest BCUT2D eigenvalue weighted by atomic mass is 10.1. The van der Waals surface area contributed by atoms with Crippen molar-refractivity contribution in [2.45, 2.75) is 58.3 Å². The molecule has 0 aliphatic rings. The summed E-state index contributed by atoms with van der Waals surface area (Å²) in [4.78, 5) is 11.8. The first kappa shape index (κ1) is 17.3. The molecule has 0 heterocycles. The maximum atomic E-state index is 11.8. The van der Waals surface area contributed by atoms with Crippen molar-refractivity contribution in [1.82, 2.24) is 0 Å². The van der Waals surface area contributed by atoms with E-state index in [2.05, 4.69) is 12.2 Å². The zero-order chi connectivity index (χ0) is 14.8. The van der Waals surface area contributed by atoms with Gasteiger partial charge in [0, 0.05) is 6.42 Å². The van der Waals surface area contributed by atoms with Gasteiger partial charge in [0.25, 0.3) is 0 Å². The van der Waals surface area contributed by atoms with Crippen molar-refractivity contribution in [3.63, 3.8) is 0 Å². The molecule has 20 heavy (non-hydrogen) atoms. The number of benzene rings is 1. The van der Waals surface area contributed by atoms with Gasteiger partial charge in [-0.1, -0.05) is 74.7 Å². The summed E-state index contributed by atoms with van der Waals surface area (Å²) in [6.07, 6.45) is 8.95. The Kier molecular flexibility index (Phi) is 8.72. The number of hydrogen-bond donors (Lipinski definition) is 1. The molecule has 0 radical (unpaired) electrons. The molecule has 0 aromatic heterocycles. The second-order valence-corrected chi connectivity index (χ2v) is 5.81. The first-order valence-corrected chi connectivity index (χ1v) is 8.14. The molecule has 1 amide bonds. The molecule has 0 aliphatic carbocycles. The Bertz CT molecular complexity index is 421. The second-order valence-electron chi connectivity index (χ2n) is 5.02. The van der Waals surface area contributed by atoms with Crippen LogP contribution in [0, 0.1) is 0 Å². The third-order valence-corrected chi connectivity index (χ3v) is 4.05. The predicted octanol–water partition coefficient (Wildman–Crippen LogP) is 6.07. The van der Waals surface area contributed by atoms with Crippen LogP contribution >= 0.6 is 23.2 Å². The lowest BCUT2D eigenvalue weighted by Gasteiger charge is -2.08. The fraction of sp³-hybridized carbons (Fsp3) is 0.562. The molecule has 112 valence electrons. The molecule has 4 heteroatoms. The van der Waals surface area contributed by atoms with Crippen LogP contribution in [0.1, 0.15) is 58.3 Å². The zero-order valence-electron chi connectivity index (χ0n) is 12.1. The average molecular weight is 316 g/mol. The topological polar surface area (TPSA) is 29.1 Å². The molecule has 0 saturated heterocycles. The minimum atomic E-state index is 0.00252. The van der Waals surface area contributed by atoms with Gasteiger partial charge in [-0.25, -0.2) is 0 Å². The largest absolute Gasteiger partial charge is 0.325 e. The minimum absolute atomic E-state index is 0.00252. The van der Waals surface area contributed by atoms with Gasteiger partial charge in [-0.15, -0.1) is 0 Å². The van der Waals surface area contributed by atoms with E-state index in [9.17, 15) is 4.79 Å². The highest BCUT2D eigenvalue weighted by Gasteiger charge is 2.07. The van der Waals surface area contributed by atoms with Crippen molar-refractivity contribution in [1.29, 1.82) is 0 Å². The predicted molar refractivity (Wildman–Crippen MR) is 87.7 cm³/mol. The summed E-state index contributed by atoms with van der Waals surface area (Å²) in [6.45, 7) is 2.21. The van der Waals surface area contributed by atoms with Crippen LogP contribution in [0.4, 0.5) is 5.69 Å². The summed E-state index contributed by atoms with van der Waals surface area (Å²) in [5.74, 6) is 0.00252. The molecule has 0 aliphatic heterocycles. The van der Waals surface area contributed by atoms with E-state index in [1.807, 2.05) is 0 Å². The zero-order valence-corrected chi connectivity index (χ0v) is 13.6. The number of amides is 1. The summed E-state index contributed by atoms with van der Waals surface area (Å²) < 4.78 is 0. The highest BCUT2D eigenvalue weighted by molar-refractivity contribution is 6.43. The number of hydrogen-bond acceptors (Lipinski definition) is 1. The number of carbonyl (C=O) groups excluding carboxylic acids is 1. The summed E-state index contributed by atoms with van der Waals surface area (Å²) in [5.41, 5.74) is 0.590. The van der Waals surface area contributed by atoms with Crippen LogP contribution in [-0.4, -0.2) is 5.91 Å². The van der Waals surface area contributed by atoms with Gasteiger partial charge in [0.15, 0.2) is 0 Å². The number of halogens is 2. The fourth-order valence-corrected chi connectivity index (χ4v) is 2.40. The molecule has 0 saturated carbocycles. The van der Waals surface area contributed by atoms with E-state index in [0.717, 1.165) is 12.8 Å². The van der Waals surface area contributed by atoms with Gasteiger partial charge < -0.3 is 5.32 Å². The van der Waals surface area contributed by atoms with Gasteiger partial charge in [-0.05, 0) is 18.6 Å². The third-order valence-electron chi connectivity index (χ3n) is 3.23. The smallest absolute Gasteiger partial charge is 0.224 e. The summed E-state index contributed by atoms with van der Waals surface area (Å²) in [5, 5.41) is 3.67. The van der Waals surface area contributed by atoms with Crippen molar-refractivity contribution < 1.29 is 4.79 Å². The number of nitrogens with one attached hydrogen (secondary N) is 1. The van der Waals surface area contributed by atoms with Crippen LogP contribution in [0.15, 0.2) is 18.2 Å². The van der Waals surface area contributed by atoms with E-state index in [1.54, 1.807) is 18.2 Å². The molecule has 0 spiro atoms. The van der Waals surface area contributed by atoms with Crippen molar-refractivity contribution in [3.05, 3.63) is 28.2 Å². The molecule has 0 atom stereocenters. The Morgan fingerprint density at radius 2 is 1.70 bits per heavy atom. The van der Waals surface area contributed by atoms with Gasteiger partial charge >= 0.3 is 0 Å². The van der Waals surface area contributed by atoms with Gasteiger partial charge in [-0.2, -0.15) is 0 Å². The monoisotopic (exact) mass is 315 g/mol. The standard InChI is InChI=1S/C16H23Cl2NO/c1-2-3-4-5-6-7-8-12-15(20)19-14-11-9-10-13(17)16(14)18/h9-11H,2-8,12H2,1H3,(H,19,20). The van der Waals surface area contributed by atoms with E-state index in [4.69, 9.17) is 23.2 Å². The van der Waals surface area contributed by atoms with Gasteiger partial charge in [0.05, 0.1) is 15.7 Å². The summed E-state index contributed by atoms with van der Waals surface area (Å²) in [6, 6.07) is 5.24. The maximum Gasteiger partial charge on any atom is 0.224 e. The number of anilines is 1. The average Bonchev–Trinajstić information content (AvgIpc) is 2.43. The Morgan fingerprint density at radius 3 is 2.40 bits per heavy atom. The molecular weight excluding hydrogens is 293 g/mol. The van der Waals surface area contributed by atoms with Crippen LogP contribution in [-0.2, 0) is 4.79 Å². The van der Waals surface area contributed by atoms with E-state index < -0.39 is 0 Å². The van der Waals surface area contributed by atoms with Crippen molar-refractivity contribution in [3.8, 4) is 0 Å². The van der Waals surface area contributed by atoms with Crippen molar-refractivity contribution in [2.75, 3.05) is 5.32 Å². The lowest BCUT2D eigenvalue weighted by Crippen LogP contribution is -2.11. The highest BCUT2D eigenvalue weighted by atomic mass is 35.5. The molecule has 1 N–H and O–H groups in total. The molecule has 0 fully saturated rings. The number of carbonyl (C=O) groups is 1. The molecule has 0 bridgehead atoms. The summed E-state index contributed by atoms with van der Waals surface area (Å²) in [7, 11) is 0.